The van der Waals surface area contributed by atoms with Gasteiger partial charge in [-0.25, -0.2) is 0 Å². The van der Waals surface area contributed by atoms with E-state index in [1.54, 1.807) is 0 Å². The van der Waals surface area contributed by atoms with Gasteiger partial charge < -0.3 is 0 Å². The molecule has 0 bridgehead atoms. The summed E-state index contributed by atoms with van der Waals surface area (Å²) in [6.45, 7) is 0. The number of hydrogen-bond acceptors (Lipinski definition) is 0. The molecule has 11 aromatic carbocycles. The number of rotatable bonds is 6. The van der Waals surface area contributed by atoms with E-state index in [0.717, 1.165) is 0 Å². The lowest BCUT2D eigenvalue weighted by atomic mass is 9.82. The molecule has 0 atom stereocenters. The molecular formula is C58H38. The quantitative estimate of drug-likeness (QED) is 0.118. The number of hydrogen-bond donors (Lipinski definition) is 0. The summed E-state index contributed by atoms with van der Waals surface area (Å²) >= 11 is 0. The van der Waals surface area contributed by atoms with Gasteiger partial charge >= 0.3 is 0 Å². The van der Waals surface area contributed by atoms with E-state index in [1.165, 1.54) is 110 Å². The topological polar surface area (TPSA) is 0 Å². The third-order valence-corrected chi connectivity index (χ3v) is 11.8. The second-order valence-electron chi connectivity index (χ2n) is 15.2. The average molecular weight is 735 g/mol. The fraction of sp³-hybridized carbons (Fsp3) is 0. The molecular weight excluding hydrogens is 697 g/mol. The summed E-state index contributed by atoms with van der Waals surface area (Å²) in [4.78, 5) is 0. The van der Waals surface area contributed by atoms with Gasteiger partial charge in [0.05, 0.1) is 0 Å². The lowest BCUT2D eigenvalue weighted by Crippen LogP contribution is -1.94. The summed E-state index contributed by atoms with van der Waals surface area (Å²) in [6, 6.07) is 84.6. The Kier molecular flexibility index (Phi) is 8.26. The van der Waals surface area contributed by atoms with Crippen LogP contribution >= 0.6 is 0 Å². The van der Waals surface area contributed by atoms with Crippen LogP contribution in [0.25, 0.3) is 110 Å². The van der Waals surface area contributed by atoms with E-state index >= 15 is 0 Å². The molecule has 0 heteroatoms. The molecule has 0 aliphatic carbocycles. The Labute approximate surface area is 339 Å². The average Bonchev–Trinajstić information content (AvgIpc) is 3.31. The van der Waals surface area contributed by atoms with Gasteiger partial charge in [-0.1, -0.05) is 206 Å². The molecule has 0 unspecified atom stereocenters. The fourth-order valence-corrected chi connectivity index (χ4v) is 9.18. The maximum atomic E-state index is 2.42. The fourth-order valence-electron chi connectivity index (χ4n) is 9.18. The standard InChI is InChI=1S/C58H38/c1-4-17-39(18-5-1)47-37-54(40-19-6-2-7-20-40)58(55(38-47)41-21-8-3-9-22-41)45-25-16-24-44(35-45)56-49-27-12-14-29-51(49)57(52-30-15-13-28-50(52)56)46-34-33-43-32-31-42-23-10-11-26-48(42)53(43)36-46/h1-38H. The first-order valence-corrected chi connectivity index (χ1v) is 20.1. The van der Waals surface area contributed by atoms with Gasteiger partial charge in [0.1, 0.15) is 0 Å². The highest BCUT2D eigenvalue weighted by atomic mass is 14.2. The van der Waals surface area contributed by atoms with Crippen LogP contribution in [-0.2, 0) is 0 Å². The molecule has 11 rings (SSSR count). The largest absolute Gasteiger partial charge is 0.0622 e. The van der Waals surface area contributed by atoms with Crippen molar-refractivity contribution in [1.29, 1.82) is 0 Å². The Balaban J connectivity index is 1.17. The molecule has 0 radical (unpaired) electrons. The monoisotopic (exact) mass is 734 g/mol. The van der Waals surface area contributed by atoms with Crippen LogP contribution < -0.4 is 0 Å². The van der Waals surface area contributed by atoms with Crippen LogP contribution in [-0.4, -0.2) is 0 Å². The van der Waals surface area contributed by atoms with Gasteiger partial charge in [-0.2, -0.15) is 0 Å². The smallest absolute Gasteiger partial charge is 0.00261 e. The third-order valence-electron chi connectivity index (χ3n) is 11.8. The molecule has 0 nitrogen and oxygen atoms in total. The second kappa shape index (κ2) is 14.2. The highest BCUT2D eigenvalue weighted by Crippen LogP contribution is 2.47. The van der Waals surface area contributed by atoms with Gasteiger partial charge in [0, 0.05) is 0 Å². The molecule has 0 heterocycles. The van der Waals surface area contributed by atoms with E-state index < -0.39 is 0 Å². The maximum Gasteiger partial charge on any atom is -0.00261 e. The predicted octanol–water partition coefficient (Wildman–Crippen LogP) is 16.3. The first-order valence-electron chi connectivity index (χ1n) is 20.1. The Hall–Kier alpha value is -7.54. The Morgan fingerprint density at radius 2 is 0.552 bits per heavy atom. The minimum Gasteiger partial charge on any atom is -0.0622 e. The van der Waals surface area contributed by atoms with Crippen LogP contribution in [0.15, 0.2) is 231 Å². The van der Waals surface area contributed by atoms with E-state index in [0.29, 0.717) is 0 Å². The van der Waals surface area contributed by atoms with Crippen molar-refractivity contribution in [2.24, 2.45) is 0 Å². The summed E-state index contributed by atoms with van der Waals surface area (Å²) in [5, 5.41) is 10.1. The summed E-state index contributed by atoms with van der Waals surface area (Å²) in [5.41, 5.74) is 14.6. The van der Waals surface area contributed by atoms with E-state index in [2.05, 4.69) is 231 Å². The summed E-state index contributed by atoms with van der Waals surface area (Å²) < 4.78 is 0. The summed E-state index contributed by atoms with van der Waals surface area (Å²) in [5.74, 6) is 0. The van der Waals surface area contributed by atoms with Crippen LogP contribution in [0.1, 0.15) is 0 Å². The number of fused-ring (bicyclic) bond motifs is 5. The zero-order chi connectivity index (χ0) is 38.4. The van der Waals surface area contributed by atoms with Crippen molar-refractivity contribution in [3.63, 3.8) is 0 Å². The van der Waals surface area contributed by atoms with E-state index in [9.17, 15) is 0 Å². The first kappa shape index (κ1) is 33.8. The Morgan fingerprint density at radius 3 is 1.09 bits per heavy atom. The SMILES string of the molecule is c1ccc(-c2cc(-c3ccccc3)c(-c3cccc(-c4c5ccccc5c(-c5ccc6ccc7ccccc7c6c5)c5ccccc45)c3)c(-c3ccccc3)c2)cc1. The molecule has 270 valence electrons. The molecule has 11 aromatic rings. The summed E-state index contributed by atoms with van der Waals surface area (Å²) in [6.07, 6.45) is 0. The van der Waals surface area contributed by atoms with Crippen LogP contribution in [0, 0.1) is 0 Å². The molecule has 58 heavy (non-hydrogen) atoms. The molecule has 0 aliphatic rings. The van der Waals surface area contributed by atoms with E-state index in [-0.39, 0.29) is 0 Å². The van der Waals surface area contributed by atoms with Crippen molar-refractivity contribution in [3.05, 3.63) is 231 Å². The van der Waals surface area contributed by atoms with Crippen molar-refractivity contribution in [3.8, 4) is 66.8 Å². The second-order valence-corrected chi connectivity index (χ2v) is 15.2. The molecule has 0 N–H and O–H groups in total. The van der Waals surface area contributed by atoms with Crippen LogP contribution in [0.2, 0.25) is 0 Å². The van der Waals surface area contributed by atoms with Gasteiger partial charge in [-0.3, -0.25) is 0 Å². The molecule has 0 spiro atoms. The van der Waals surface area contributed by atoms with Gasteiger partial charge in [0.2, 0.25) is 0 Å². The van der Waals surface area contributed by atoms with Crippen molar-refractivity contribution in [1.82, 2.24) is 0 Å². The molecule has 0 saturated carbocycles. The molecule has 0 aliphatic heterocycles. The lowest BCUT2D eigenvalue weighted by Gasteiger charge is -2.21. The zero-order valence-corrected chi connectivity index (χ0v) is 31.9. The van der Waals surface area contributed by atoms with Crippen molar-refractivity contribution in [2.75, 3.05) is 0 Å². The van der Waals surface area contributed by atoms with Gasteiger partial charge in [-0.05, 0) is 134 Å². The lowest BCUT2D eigenvalue weighted by molar-refractivity contribution is 1.54. The highest BCUT2D eigenvalue weighted by Gasteiger charge is 2.20. The number of benzene rings is 11. The predicted molar refractivity (Wildman–Crippen MR) is 249 cm³/mol. The molecule has 0 aromatic heterocycles. The minimum atomic E-state index is 1.19. The van der Waals surface area contributed by atoms with Crippen LogP contribution in [0.3, 0.4) is 0 Å². The van der Waals surface area contributed by atoms with E-state index in [1.807, 2.05) is 0 Å². The maximum absolute atomic E-state index is 2.42. The normalized spacial score (nSPS) is 11.4. The summed E-state index contributed by atoms with van der Waals surface area (Å²) in [7, 11) is 0. The molecule has 0 saturated heterocycles. The van der Waals surface area contributed by atoms with Crippen molar-refractivity contribution < 1.29 is 0 Å². The van der Waals surface area contributed by atoms with E-state index in [4.69, 9.17) is 0 Å². The van der Waals surface area contributed by atoms with Gasteiger partial charge in [-0.15, -0.1) is 0 Å². The van der Waals surface area contributed by atoms with Crippen molar-refractivity contribution in [2.45, 2.75) is 0 Å². The molecule has 0 amide bonds. The van der Waals surface area contributed by atoms with Gasteiger partial charge in [0.25, 0.3) is 0 Å². The first-order chi connectivity index (χ1) is 28.8. The Bertz CT molecular complexity index is 3190. The van der Waals surface area contributed by atoms with Gasteiger partial charge in [0.15, 0.2) is 0 Å². The van der Waals surface area contributed by atoms with Crippen molar-refractivity contribution >= 4 is 43.1 Å². The third kappa shape index (κ3) is 5.78. The van der Waals surface area contributed by atoms with Crippen LogP contribution in [0.5, 0.6) is 0 Å². The Morgan fingerprint density at radius 1 is 0.172 bits per heavy atom. The van der Waals surface area contributed by atoms with Crippen LogP contribution in [0.4, 0.5) is 0 Å². The molecule has 0 fully saturated rings. The zero-order valence-electron chi connectivity index (χ0n) is 31.9. The highest BCUT2D eigenvalue weighted by molar-refractivity contribution is 6.22. The minimum absolute atomic E-state index is 1.19.